The van der Waals surface area contributed by atoms with Crippen molar-refractivity contribution in [1.82, 2.24) is 0 Å². The molecule has 0 radical (unpaired) electrons. The minimum atomic E-state index is -0.571. The highest BCUT2D eigenvalue weighted by atomic mass is 16.5. The van der Waals surface area contributed by atoms with Gasteiger partial charge in [-0.25, -0.2) is 0 Å². The molecule has 3 heteroatoms. The molecule has 0 bridgehead atoms. The molecule has 0 heterocycles. The summed E-state index contributed by atoms with van der Waals surface area (Å²) < 4.78 is 10.6. The Bertz CT molecular complexity index is 236. The zero-order valence-electron chi connectivity index (χ0n) is 11.5. The Morgan fingerprint density at radius 3 is 2.59 bits per heavy atom. The molecular formula is C14H26O3. The van der Waals surface area contributed by atoms with E-state index >= 15 is 0 Å². The van der Waals surface area contributed by atoms with Gasteiger partial charge in [-0.3, -0.25) is 0 Å². The number of rotatable bonds is 9. The topological polar surface area (TPSA) is 38.7 Å². The standard InChI is InChI=1S/C14H26O3/c1-6-8-17-10-11(3)9-12(4)14(15)13(7-2)16-5/h7,9,12-15H,2,6,8,10H2,1,3-5H3/b11-9-/t12-,13+,14+/m1/s1. The fourth-order valence-electron chi connectivity index (χ4n) is 1.65. The van der Waals surface area contributed by atoms with Crippen molar-refractivity contribution in [2.24, 2.45) is 5.92 Å². The van der Waals surface area contributed by atoms with Crippen molar-refractivity contribution in [1.29, 1.82) is 0 Å². The van der Waals surface area contributed by atoms with Crippen molar-refractivity contribution in [3.63, 3.8) is 0 Å². The van der Waals surface area contributed by atoms with Crippen LogP contribution in [0.25, 0.3) is 0 Å². The molecule has 0 unspecified atom stereocenters. The first-order valence-corrected chi connectivity index (χ1v) is 6.15. The molecule has 0 aliphatic rings. The van der Waals surface area contributed by atoms with Gasteiger partial charge in [0.15, 0.2) is 0 Å². The number of aliphatic hydroxyl groups is 1. The van der Waals surface area contributed by atoms with Crippen LogP contribution in [0.1, 0.15) is 27.2 Å². The molecule has 0 fully saturated rings. The molecule has 1 N–H and O–H groups in total. The zero-order valence-corrected chi connectivity index (χ0v) is 11.5. The fourth-order valence-corrected chi connectivity index (χ4v) is 1.65. The number of methoxy groups -OCH3 is 1. The number of aliphatic hydroxyl groups excluding tert-OH is 1. The Balaban J connectivity index is 4.24. The van der Waals surface area contributed by atoms with E-state index in [-0.39, 0.29) is 12.0 Å². The van der Waals surface area contributed by atoms with Crippen molar-refractivity contribution < 1.29 is 14.6 Å². The molecule has 0 rings (SSSR count). The van der Waals surface area contributed by atoms with Gasteiger partial charge in [0, 0.05) is 19.6 Å². The quantitative estimate of drug-likeness (QED) is 0.499. The maximum atomic E-state index is 10.0. The van der Waals surface area contributed by atoms with E-state index in [4.69, 9.17) is 9.47 Å². The lowest BCUT2D eigenvalue weighted by molar-refractivity contribution is -0.00169. The number of hydrogen-bond donors (Lipinski definition) is 1. The molecule has 100 valence electrons. The maximum Gasteiger partial charge on any atom is 0.101 e. The molecule has 3 nitrogen and oxygen atoms in total. The summed E-state index contributed by atoms with van der Waals surface area (Å²) in [5.41, 5.74) is 1.13. The molecule has 0 aromatic carbocycles. The first-order chi connectivity index (χ1) is 8.06. The highest BCUT2D eigenvalue weighted by Gasteiger charge is 2.20. The molecule has 17 heavy (non-hydrogen) atoms. The minimum Gasteiger partial charge on any atom is -0.389 e. The lowest BCUT2D eigenvalue weighted by Crippen LogP contribution is -2.31. The van der Waals surface area contributed by atoms with E-state index < -0.39 is 6.10 Å². The molecule has 0 saturated heterocycles. The summed E-state index contributed by atoms with van der Waals surface area (Å²) in [7, 11) is 1.57. The van der Waals surface area contributed by atoms with Crippen LogP contribution in [-0.2, 0) is 9.47 Å². The summed E-state index contributed by atoms with van der Waals surface area (Å²) in [5, 5.41) is 10.0. The van der Waals surface area contributed by atoms with E-state index in [1.54, 1.807) is 13.2 Å². The summed E-state index contributed by atoms with van der Waals surface area (Å²) in [6.07, 6.45) is 3.77. The van der Waals surface area contributed by atoms with Gasteiger partial charge in [-0.05, 0) is 13.3 Å². The Morgan fingerprint density at radius 1 is 1.47 bits per heavy atom. The Kier molecular flexibility index (Phi) is 9.04. The van der Waals surface area contributed by atoms with Gasteiger partial charge in [-0.2, -0.15) is 0 Å². The first-order valence-electron chi connectivity index (χ1n) is 6.15. The van der Waals surface area contributed by atoms with Crippen molar-refractivity contribution in [3.8, 4) is 0 Å². The summed E-state index contributed by atoms with van der Waals surface area (Å²) in [4.78, 5) is 0. The van der Waals surface area contributed by atoms with Crippen LogP contribution in [0.3, 0.4) is 0 Å². The minimum absolute atomic E-state index is 0.0168. The summed E-state index contributed by atoms with van der Waals surface area (Å²) in [6.45, 7) is 11.1. The zero-order chi connectivity index (χ0) is 13.3. The van der Waals surface area contributed by atoms with E-state index in [1.165, 1.54) is 0 Å². The van der Waals surface area contributed by atoms with Crippen LogP contribution in [0, 0.1) is 5.92 Å². The lowest BCUT2D eigenvalue weighted by Gasteiger charge is -2.22. The van der Waals surface area contributed by atoms with Crippen LogP contribution in [-0.4, -0.2) is 37.6 Å². The van der Waals surface area contributed by atoms with Crippen molar-refractivity contribution in [2.75, 3.05) is 20.3 Å². The van der Waals surface area contributed by atoms with E-state index in [0.717, 1.165) is 18.6 Å². The van der Waals surface area contributed by atoms with Crippen molar-refractivity contribution >= 4 is 0 Å². The second-order valence-electron chi connectivity index (χ2n) is 4.35. The third-order valence-corrected chi connectivity index (χ3v) is 2.61. The second kappa shape index (κ2) is 9.40. The van der Waals surface area contributed by atoms with Crippen LogP contribution in [0.2, 0.25) is 0 Å². The van der Waals surface area contributed by atoms with Crippen LogP contribution >= 0.6 is 0 Å². The maximum absolute atomic E-state index is 10.0. The van der Waals surface area contributed by atoms with E-state index in [2.05, 4.69) is 13.5 Å². The van der Waals surface area contributed by atoms with Crippen molar-refractivity contribution in [3.05, 3.63) is 24.3 Å². The summed E-state index contributed by atoms with van der Waals surface area (Å²) in [6, 6.07) is 0. The van der Waals surface area contributed by atoms with Gasteiger partial charge in [-0.15, -0.1) is 6.58 Å². The van der Waals surface area contributed by atoms with Gasteiger partial charge in [-0.1, -0.05) is 31.6 Å². The average Bonchev–Trinajstić information content (AvgIpc) is 2.30. The fraction of sp³-hybridized carbons (Fsp3) is 0.714. The third-order valence-electron chi connectivity index (χ3n) is 2.61. The lowest BCUT2D eigenvalue weighted by atomic mass is 9.97. The molecular weight excluding hydrogens is 216 g/mol. The molecule has 0 amide bonds. The van der Waals surface area contributed by atoms with Gasteiger partial charge in [0.1, 0.15) is 6.10 Å². The third kappa shape index (κ3) is 6.61. The van der Waals surface area contributed by atoms with E-state index in [0.29, 0.717) is 6.61 Å². The van der Waals surface area contributed by atoms with Crippen LogP contribution in [0.5, 0.6) is 0 Å². The molecule has 0 aromatic heterocycles. The summed E-state index contributed by atoms with van der Waals surface area (Å²) >= 11 is 0. The highest BCUT2D eigenvalue weighted by molar-refractivity contribution is 5.04. The van der Waals surface area contributed by atoms with Gasteiger partial charge in [0.25, 0.3) is 0 Å². The Morgan fingerprint density at radius 2 is 2.12 bits per heavy atom. The number of hydrogen-bond acceptors (Lipinski definition) is 3. The second-order valence-corrected chi connectivity index (χ2v) is 4.35. The smallest absolute Gasteiger partial charge is 0.101 e. The molecule has 0 aliphatic heterocycles. The average molecular weight is 242 g/mol. The molecule has 3 atom stereocenters. The van der Waals surface area contributed by atoms with E-state index in [9.17, 15) is 5.11 Å². The summed E-state index contributed by atoms with van der Waals surface area (Å²) in [5.74, 6) is 0.0168. The monoisotopic (exact) mass is 242 g/mol. The predicted octanol–water partition coefficient (Wildman–Crippen LogP) is 2.56. The van der Waals surface area contributed by atoms with Gasteiger partial charge in [0.2, 0.25) is 0 Å². The molecule has 0 saturated carbocycles. The van der Waals surface area contributed by atoms with Gasteiger partial charge in [0.05, 0.1) is 12.7 Å². The normalized spacial score (nSPS) is 17.6. The number of ether oxygens (including phenoxy) is 2. The Hall–Kier alpha value is -0.640. The molecule has 0 aromatic rings. The highest BCUT2D eigenvalue weighted by Crippen LogP contribution is 2.14. The van der Waals surface area contributed by atoms with Crippen LogP contribution in [0.4, 0.5) is 0 Å². The first kappa shape index (κ1) is 16.4. The predicted molar refractivity (Wildman–Crippen MR) is 71.0 cm³/mol. The molecule has 0 spiro atoms. The SMILES string of the molecule is C=C[C@H](OC)[C@@H](O)[C@H](C)/C=C(/C)COCCC. The largest absolute Gasteiger partial charge is 0.389 e. The van der Waals surface area contributed by atoms with Gasteiger partial charge < -0.3 is 14.6 Å². The van der Waals surface area contributed by atoms with Gasteiger partial charge >= 0.3 is 0 Å². The Labute approximate surface area is 105 Å². The van der Waals surface area contributed by atoms with Crippen LogP contribution < -0.4 is 0 Å². The van der Waals surface area contributed by atoms with Crippen molar-refractivity contribution in [2.45, 2.75) is 39.4 Å². The molecule has 0 aliphatic carbocycles. The van der Waals surface area contributed by atoms with E-state index in [1.807, 2.05) is 19.9 Å². The van der Waals surface area contributed by atoms with Crippen LogP contribution in [0.15, 0.2) is 24.3 Å².